The van der Waals surface area contributed by atoms with Gasteiger partial charge in [-0.1, -0.05) is 26.7 Å². The lowest BCUT2D eigenvalue weighted by molar-refractivity contribution is -0.00772. The van der Waals surface area contributed by atoms with E-state index in [0.29, 0.717) is 12.1 Å². The van der Waals surface area contributed by atoms with Crippen molar-refractivity contribution >= 4 is 0 Å². The molecule has 1 aliphatic carbocycles. The highest BCUT2D eigenvalue weighted by molar-refractivity contribution is 4.87. The maximum atomic E-state index is 10.1. The molecule has 0 aromatic rings. The first-order valence-corrected chi connectivity index (χ1v) is 7.08. The molecule has 1 fully saturated rings. The fraction of sp³-hybridized carbons (Fsp3) is 1.00. The normalized spacial score (nSPS) is 32.6. The van der Waals surface area contributed by atoms with Crippen LogP contribution in [-0.4, -0.2) is 22.8 Å². The topological polar surface area (TPSA) is 32.3 Å². The first-order chi connectivity index (χ1) is 7.59. The van der Waals surface area contributed by atoms with Crippen LogP contribution in [0.4, 0.5) is 0 Å². The Morgan fingerprint density at radius 1 is 1.31 bits per heavy atom. The fourth-order valence-electron chi connectivity index (χ4n) is 2.67. The van der Waals surface area contributed by atoms with Crippen LogP contribution in [0.5, 0.6) is 0 Å². The molecule has 16 heavy (non-hydrogen) atoms. The van der Waals surface area contributed by atoms with Crippen molar-refractivity contribution in [2.45, 2.75) is 89.8 Å². The Kier molecular flexibility index (Phi) is 5.77. The lowest BCUT2D eigenvalue weighted by atomic mass is 9.80. The van der Waals surface area contributed by atoms with E-state index in [2.05, 4.69) is 26.1 Å². The number of nitrogens with one attached hydrogen (secondary N) is 1. The summed E-state index contributed by atoms with van der Waals surface area (Å²) in [4.78, 5) is 0. The fourth-order valence-corrected chi connectivity index (χ4v) is 2.67. The smallest absolute Gasteiger partial charge is 0.0646 e. The summed E-state index contributed by atoms with van der Waals surface area (Å²) in [5, 5.41) is 13.8. The minimum absolute atomic E-state index is 0.356. The van der Waals surface area contributed by atoms with E-state index in [0.717, 1.165) is 32.1 Å². The predicted molar refractivity (Wildman–Crippen MR) is 69.6 cm³/mol. The molecule has 0 bridgehead atoms. The van der Waals surface area contributed by atoms with E-state index < -0.39 is 0 Å². The quantitative estimate of drug-likeness (QED) is 0.730. The highest BCUT2D eigenvalue weighted by atomic mass is 16.3. The Balaban J connectivity index is 2.21. The Hall–Kier alpha value is -0.0800. The monoisotopic (exact) mass is 227 g/mol. The zero-order chi connectivity index (χ0) is 12.0. The van der Waals surface area contributed by atoms with Crippen LogP contribution < -0.4 is 5.32 Å². The third-order valence-corrected chi connectivity index (χ3v) is 4.09. The van der Waals surface area contributed by atoms with Crippen molar-refractivity contribution in [3.63, 3.8) is 0 Å². The summed E-state index contributed by atoms with van der Waals surface area (Å²) in [5.74, 6) is 0. The zero-order valence-corrected chi connectivity index (χ0v) is 11.3. The van der Waals surface area contributed by atoms with Crippen LogP contribution in [0.3, 0.4) is 0 Å². The molecule has 1 atom stereocenters. The van der Waals surface area contributed by atoms with Crippen LogP contribution in [-0.2, 0) is 0 Å². The molecular weight excluding hydrogens is 198 g/mol. The summed E-state index contributed by atoms with van der Waals surface area (Å²) in [5.41, 5.74) is -0.356. The largest absolute Gasteiger partial charge is 0.390 e. The molecule has 0 aliphatic heterocycles. The molecule has 0 aromatic carbocycles. The van der Waals surface area contributed by atoms with Crippen LogP contribution in [0.2, 0.25) is 0 Å². The van der Waals surface area contributed by atoms with Crippen LogP contribution >= 0.6 is 0 Å². The Morgan fingerprint density at radius 2 is 1.94 bits per heavy atom. The maximum Gasteiger partial charge on any atom is 0.0646 e. The van der Waals surface area contributed by atoms with Gasteiger partial charge in [-0.05, 0) is 45.4 Å². The molecule has 0 saturated heterocycles. The van der Waals surface area contributed by atoms with Crippen molar-refractivity contribution in [1.82, 2.24) is 5.32 Å². The minimum atomic E-state index is -0.356. The molecule has 96 valence electrons. The molecule has 1 rings (SSSR count). The van der Waals surface area contributed by atoms with Crippen molar-refractivity contribution in [1.29, 1.82) is 0 Å². The van der Waals surface area contributed by atoms with Crippen molar-refractivity contribution in [3.8, 4) is 0 Å². The highest BCUT2D eigenvalue weighted by Crippen LogP contribution is 2.31. The first kappa shape index (κ1) is 14.0. The van der Waals surface area contributed by atoms with Crippen molar-refractivity contribution in [2.24, 2.45) is 0 Å². The summed E-state index contributed by atoms with van der Waals surface area (Å²) in [6.45, 7) is 6.63. The van der Waals surface area contributed by atoms with Crippen LogP contribution in [0, 0.1) is 0 Å². The van der Waals surface area contributed by atoms with E-state index in [-0.39, 0.29) is 5.60 Å². The summed E-state index contributed by atoms with van der Waals surface area (Å²) in [7, 11) is 0. The molecule has 0 spiro atoms. The Morgan fingerprint density at radius 3 is 2.44 bits per heavy atom. The highest BCUT2D eigenvalue weighted by Gasteiger charge is 2.31. The second-order valence-electron chi connectivity index (χ2n) is 5.56. The van der Waals surface area contributed by atoms with Gasteiger partial charge in [0.2, 0.25) is 0 Å². The predicted octanol–water partition coefficient (Wildman–Crippen LogP) is 3.24. The van der Waals surface area contributed by atoms with E-state index >= 15 is 0 Å². The molecule has 0 amide bonds. The minimum Gasteiger partial charge on any atom is -0.390 e. The van der Waals surface area contributed by atoms with Gasteiger partial charge in [0, 0.05) is 12.1 Å². The average Bonchev–Trinajstić information content (AvgIpc) is 2.30. The molecule has 1 saturated carbocycles. The van der Waals surface area contributed by atoms with Gasteiger partial charge in [-0.2, -0.15) is 0 Å². The number of rotatable bonds is 6. The Labute approximate surface area is 101 Å². The van der Waals surface area contributed by atoms with Crippen LogP contribution in [0.15, 0.2) is 0 Å². The third kappa shape index (κ3) is 4.42. The van der Waals surface area contributed by atoms with Gasteiger partial charge in [-0.3, -0.25) is 0 Å². The number of unbranched alkanes of at least 4 members (excludes halogenated alkanes) is 1. The van der Waals surface area contributed by atoms with E-state index in [9.17, 15) is 5.11 Å². The van der Waals surface area contributed by atoms with E-state index in [4.69, 9.17) is 0 Å². The van der Waals surface area contributed by atoms with Crippen molar-refractivity contribution in [2.75, 3.05) is 0 Å². The lowest BCUT2D eigenvalue weighted by Crippen LogP contribution is -2.43. The second-order valence-corrected chi connectivity index (χ2v) is 5.56. The third-order valence-electron chi connectivity index (χ3n) is 4.09. The van der Waals surface area contributed by atoms with Gasteiger partial charge in [0.05, 0.1) is 5.60 Å². The molecule has 2 N–H and O–H groups in total. The van der Waals surface area contributed by atoms with Gasteiger partial charge < -0.3 is 10.4 Å². The van der Waals surface area contributed by atoms with Gasteiger partial charge in [0.15, 0.2) is 0 Å². The molecule has 0 radical (unpaired) electrons. The molecule has 2 nitrogen and oxygen atoms in total. The molecule has 0 aromatic heterocycles. The summed E-state index contributed by atoms with van der Waals surface area (Å²) in [6.07, 6.45) is 9.02. The molecule has 1 unspecified atom stereocenters. The van der Waals surface area contributed by atoms with Gasteiger partial charge >= 0.3 is 0 Å². The van der Waals surface area contributed by atoms with Gasteiger partial charge in [-0.15, -0.1) is 0 Å². The Bertz CT molecular complexity index is 185. The zero-order valence-electron chi connectivity index (χ0n) is 11.3. The first-order valence-electron chi connectivity index (χ1n) is 7.08. The average molecular weight is 227 g/mol. The van der Waals surface area contributed by atoms with Crippen LogP contribution in [0.25, 0.3) is 0 Å². The summed E-state index contributed by atoms with van der Waals surface area (Å²) >= 11 is 0. The van der Waals surface area contributed by atoms with E-state index in [1.807, 2.05) is 0 Å². The summed E-state index contributed by atoms with van der Waals surface area (Å²) in [6, 6.07) is 1.27. The number of hydrogen-bond acceptors (Lipinski definition) is 2. The SMILES string of the molecule is CCCCC(C)NC1CCC(O)(CC)CC1. The molecular formula is C14H29NO. The van der Waals surface area contributed by atoms with E-state index in [1.54, 1.807) is 0 Å². The standard InChI is InChI=1S/C14H29NO/c1-4-6-7-12(3)15-13-8-10-14(16,5-2)11-9-13/h12-13,15-16H,4-11H2,1-3H3. The van der Waals surface area contributed by atoms with Crippen molar-refractivity contribution in [3.05, 3.63) is 0 Å². The number of aliphatic hydroxyl groups is 1. The van der Waals surface area contributed by atoms with Crippen LogP contribution in [0.1, 0.15) is 72.1 Å². The molecule has 1 aliphatic rings. The number of hydrogen-bond donors (Lipinski definition) is 2. The second kappa shape index (κ2) is 6.61. The van der Waals surface area contributed by atoms with Gasteiger partial charge in [0.25, 0.3) is 0 Å². The van der Waals surface area contributed by atoms with Crippen molar-refractivity contribution < 1.29 is 5.11 Å². The summed E-state index contributed by atoms with van der Waals surface area (Å²) < 4.78 is 0. The van der Waals surface area contributed by atoms with E-state index in [1.165, 1.54) is 19.3 Å². The lowest BCUT2D eigenvalue weighted by Gasteiger charge is -2.36. The molecule has 0 heterocycles. The maximum absolute atomic E-state index is 10.1. The molecule has 2 heteroatoms. The van der Waals surface area contributed by atoms with Gasteiger partial charge in [-0.25, -0.2) is 0 Å². The van der Waals surface area contributed by atoms with Gasteiger partial charge in [0.1, 0.15) is 0 Å².